The van der Waals surface area contributed by atoms with Crippen LogP contribution in [0.5, 0.6) is 23.0 Å². The molecule has 6 heteroatoms. The number of para-hydroxylation sites is 5. The summed E-state index contributed by atoms with van der Waals surface area (Å²) in [4.78, 5) is 9.15. The third kappa shape index (κ3) is 12.0. The summed E-state index contributed by atoms with van der Waals surface area (Å²) in [5.41, 5.74) is 13.5. The van der Waals surface area contributed by atoms with Crippen molar-refractivity contribution in [3.8, 4) is 73.3 Å². The molecule has 0 N–H and O–H groups in total. The average Bonchev–Trinajstić information content (AvgIpc) is 1.46. The van der Waals surface area contributed by atoms with E-state index >= 15 is 0 Å². The first-order valence-electron chi connectivity index (χ1n) is 36.8. The Morgan fingerprint density at radius 3 is 1.37 bits per heavy atom. The quantitative estimate of drug-likeness (QED) is 0.129. The summed E-state index contributed by atoms with van der Waals surface area (Å²) in [6.07, 6.45) is 1.81. The Hall–Kier alpha value is -9.65. The number of fused-ring (bicyclic) bond motifs is 4. The van der Waals surface area contributed by atoms with E-state index in [1.807, 2.05) is 77.8 Å². The van der Waals surface area contributed by atoms with Gasteiger partial charge in [0.25, 0.3) is 0 Å². The van der Waals surface area contributed by atoms with Crippen LogP contribution in [0.4, 0.5) is 22.7 Å². The third-order valence-corrected chi connectivity index (χ3v) is 17.7. The van der Waals surface area contributed by atoms with E-state index in [1.165, 1.54) is 22.3 Å². The molecule has 1 aliphatic rings. The maximum atomic E-state index is 9.24. The molecule has 2 aromatic heterocycles. The van der Waals surface area contributed by atoms with Crippen molar-refractivity contribution in [3.05, 3.63) is 264 Å². The molecular formula is C86H86N4O2. The van der Waals surface area contributed by atoms with Gasteiger partial charge in [0, 0.05) is 63.1 Å². The van der Waals surface area contributed by atoms with Gasteiger partial charge in [-0.2, -0.15) is 0 Å². The largest absolute Gasteiger partial charge is 0.457 e. The topological polar surface area (TPSA) is 42.8 Å². The number of rotatable bonds is 11. The second kappa shape index (κ2) is 23.2. The fourth-order valence-electron chi connectivity index (χ4n) is 12.4. The molecule has 0 amide bonds. The lowest BCUT2D eigenvalue weighted by Crippen LogP contribution is -2.25. The first-order valence-corrected chi connectivity index (χ1v) is 31.8. The molecule has 13 rings (SSSR count). The average molecular weight is 1220 g/mol. The van der Waals surface area contributed by atoms with Crippen molar-refractivity contribution in [2.75, 3.05) is 16.5 Å². The third-order valence-electron chi connectivity index (χ3n) is 17.7. The lowest BCUT2D eigenvalue weighted by atomic mass is 9.78. The smallest absolute Gasteiger partial charge is 0.143 e. The van der Waals surface area contributed by atoms with Gasteiger partial charge < -0.3 is 19.3 Å². The molecule has 0 radical (unpaired) electrons. The van der Waals surface area contributed by atoms with Crippen molar-refractivity contribution in [1.29, 1.82) is 0 Å². The predicted octanol–water partition coefficient (Wildman–Crippen LogP) is 24.2. The monoisotopic (exact) mass is 1220 g/mol. The fraction of sp³-hybridized carbons (Fsp3) is 0.244. The van der Waals surface area contributed by atoms with Gasteiger partial charge in [-0.15, -0.1) is 0 Å². The van der Waals surface area contributed by atoms with Gasteiger partial charge in [0.2, 0.25) is 0 Å². The Bertz CT molecular complexity index is 5090. The van der Waals surface area contributed by atoms with Crippen molar-refractivity contribution < 1.29 is 23.2 Å². The van der Waals surface area contributed by atoms with Gasteiger partial charge in [-0.25, -0.2) is 4.98 Å². The summed E-state index contributed by atoms with van der Waals surface area (Å²) in [7, 11) is 0. The lowest BCUT2D eigenvalue weighted by molar-refractivity contribution is 0.479. The summed E-state index contributed by atoms with van der Waals surface area (Å²) < 4.78 is 106. The predicted molar refractivity (Wildman–Crippen MR) is 389 cm³/mol. The van der Waals surface area contributed by atoms with Gasteiger partial charge in [0.15, 0.2) is 0 Å². The second-order valence-corrected chi connectivity index (χ2v) is 29.5. The Morgan fingerprint density at radius 1 is 0.370 bits per heavy atom. The molecule has 0 fully saturated rings. The number of pyridine rings is 1. The highest BCUT2D eigenvalue weighted by molar-refractivity contribution is 6.09. The van der Waals surface area contributed by atoms with Crippen LogP contribution in [0.25, 0.3) is 72.1 Å². The number of nitrogens with zero attached hydrogens (tertiary/aromatic N) is 4. The SMILES string of the molecule is [2H]c1c([2H])c([2H])c(-c2cccc(-c3c([2H])c([2H])c([2H])c([2H])c3[2H])c2N2CN(c3cc(Oc4ccc5c6ccccc6n(-c6cc(Oc7c(-c8cc(C(C)(C)C)cc(C(C)(C)C)c8)cccc7-c7cc(C(C)(C)C)cc(C(C)(C)C)c7)ccn6)c5c4)cc(C(C)(C)C)c3)c3ccccc32)c([2H])c1[2H]. The molecule has 462 valence electrons. The Balaban J connectivity index is 0.933. The van der Waals surface area contributed by atoms with E-state index < -0.39 is 65.8 Å². The van der Waals surface area contributed by atoms with E-state index in [9.17, 15) is 5.48 Å². The highest BCUT2D eigenvalue weighted by Crippen LogP contribution is 2.52. The highest BCUT2D eigenvalue weighted by atomic mass is 16.5. The number of hydrogen-bond donors (Lipinski definition) is 0. The molecule has 0 bridgehead atoms. The van der Waals surface area contributed by atoms with Crippen LogP contribution in [0.2, 0.25) is 0 Å². The zero-order chi connectivity index (χ0) is 73.4. The summed E-state index contributed by atoms with van der Waals surface area (Å²) in [5.74, 6) is 3.09. The molecule has 10 aromatic carbocycles. The molecule has 0 aliphatic carbocycles. The van der Waals surface area contributed by atoms with Crippen LogP contribution in [-0.4, -0.2) is 16.2 Å². The second-order valence-electron chi connectivity index (χ2n) is 29.5. The molecule has 12 aromatic rings. The Kier molecular flexibility index (Phi) is 12.6. The lowest BCUT2D eigenvalue weighted by Gasteiger charge is -2.28. The van der Waals surface area contributed by atoms with Gasteiger partial charge in [-0.1, -0.05) is 267 Å². The first kappa shape index (κ1) is 50.0. The minimum absolute atomic E-state index is 0.0769. The van der Waals surface area contributed by atoms with E-state index in [0.29, 0.717) is 28.8 Å². The minimum atomic E-state index is -0.560. The number of benzene rings is 10. The fourth-order valence-corrected chi connectivity index (χ4v) is 12.4. The standard InChI is InChI=1S/C86H86N4O2/c1-82(2,3)60-44-58(45-61(48-60)83(4,5)6)71-35-27-36-72(59-46-62(84(7,8)9)49-63(47-59)85(10,11)12)81(71)92-67-42-43-87-79(54-67)90-75-37-23-22-32-73(75)74-41-40-66(53-78(74)90)91-68-51-64(86(13,14)15)50-65(52-68)88-55-89(77-39-25-24-38-76(77)88)80-69(56-28-18-16-19-29-56)33-26-34-70(80)57-30-20-17-21-31-57/h16-54H,55H2,1-15H3/i16D,17D,18D,19D,20D,21D,28D,29D,30D,31D. The zero-order valence-electron chi connectivity index (χ0n) is 65.6. The first-order chi connectivity index (χ1) is 47.9. The van der Waals surface area contributed by atoms with Crippen LogP contribution in [0.3, 0.4) is 0 Å². The van der Waals surface area contributed by atoms with E-state index in [0.717, 1.165) is 66.7 Å². The molecular weight excluding hydrogens is 1120 g/mol. The molecule has 0 atom stereocenters. The minimum Gasteiger partial charge on any atom is -0.457 e. The summed E-state index contributed by atoms with van der Waals surface area (Å²) >= 11 is 0. The molecule has 0 saturated heterocycles. The van der Waals surface area contributed by atoms with Crippen LogP contribution in [0, 0.1) is 0 Å². The van der Waals surface area contributed by atoms with Crippen LogP contribution in [-0.2, 0) is 27.1 Å². The van der Waals surface area contributed by atoms with Crippen LogP contribution < -0.4 is 19.3 Å². The van der Waals surface area contributed by atoms with Gasteiger partial charge in [0.1, 0.15) is 35.5 Å². The van der Waals surface area contributed by atoms with Crippen LogP contribution in [0.1, 0.15) is 145 Å². The van der Waals surface area contributed by atoms with E-state index in [-0.39, 0.29) is 56.3 Å². The molecule has 1 aliphatic heterocycles. The normalized spacial score (nSPS) is 14.6. The van der Waals surface area contributed by atoms with Crippen molar-refractivity contribution >= 4 is 44.6 Å². The van der Waals surface area contributed by atoms with E-state index in [1.54, 1.807) is 18.2 Å². The van der Waals surface area contributed by atoms with E-state index in [4.69, 9.17) is 22.7 Å². The van der Waals surface area contributed by atoms with Gasteiger partial charge >= 0.3 is 0 Å². The maximum Gasteiger partial charge on any atom is 0.143 e. The zero-order valence-corrected chi connectivity index (χ0v) is 55.6. The maximum absolute atomic E-state index is 9.24. The van der Waals surface area contributed by atoms with Crippen molar-refractivity contribution in [2.24, 2.45) is 0 Å². The molecule has 3 heterocycles. The van der Waals surface area contributed by atoms with Crippen molar-refractivity contribution in [1.82, 2.24) is 9.55 Å². The van der Waals surface area contributed by atoms with Crippen molar-refractivity contribution in [2.45, 2.75) is 131 Å². The number of aromatic nitrogens is 2. The van der Waals surface area contributed by atoms with Crippen LogP contribution in [0.15, 0.2) is 236 Å². The summed E-state index contributed by atoms with van der Waals surface area (Å²) in [6.45, 7) is 33.7. The highest BCUT2D eigenvalue weighted by Gasteiger charge is 2.33. The molecule has 0 saturated carbocycles. The molecule has 6 nitrogen and oxygen atoms in total. The molecule has 92 heavy (non-hydrogen) atoms. The van der Waals surface area contributed by atoms with Gasteiger partial charge in [-0.05, 0) is 126 Å². The van der Waals surface area contributed by atoms with Crippen LogP contribution >= 0.6 is 0 Å². The molecule has 0 spiro atoms. The summed E-state index contributed by atoms with van der Waals surface area (Å²) in [6, 6.07) is 52.6. The Labute approximate surface area is 559 Å². The summed E-state index contributed by atoms with van der Waals surface area (Å²) in [5, 5.41) is 2.02. The number of anilines is 4. The van der Waals surface area contributed by atoms with Gasteiger partial charge in [-0.3, -0.25) is 4.57 Å². The Morgan fingerprint density at radius 2 is 0.837 bits per heavy atom. The number of ether oxygens (including phenoxy) is 2. The number of hydrogen-bond acceptors (Lipinski definition) is 5. The van der Waals surface area contributed by atoms with E-state index in [2.05, 4.69) is 198 Å². The van der Waals surface area contributed by atoms with Crippen molar-refractivity contribution in [3.63, 3.8) is 0 Å². The molecule has 0 unspecified atom stereocenters. The van der Waals surface area contributed by atoms with Gasteiger partial charge in [0.05, 0.1) is 41.8 Å².